The van der Waals surface area contributed by atoms with E-state index in [1.54, 1.807) is 17.0 Å². The summed E-state index contributed by atoms with van der Waals surface area (Å²) in [7, 11) is 0. The van der Waals surface area contributed by atoms with Crippen molar-refractivity contribution in [2.24, 2.45) is 5.92 Å². The summed E-state index contributed by atoms with van der Waals surface area (Å²) in [4.78, 5) is 13.7. The molecule has 2 heterocycles. The van der Waals surface area contributed by atoms with Crippen LogP contribution in [0.3, 0.4) is 0 Å². The van der Waals surface area contributed by atoms with Gasteiger partial charge in [0.25, 0.3) is 0 Å². The molecule has 1 aromatic rings. The van der Waals surface area contributed by atoms with Crippen LogP contribution in [0.15, 0.2) is 24.3 Å². The molecular formula is C15H19FN2O2. The normalized spacial score (nSPS) is 23.9. The fourth-order valence-corrected chi connectivity index (χ4v) is 3.05. The highest BCUT2D eigenvalue weighted by molar-refractivity contribution is 5.70. The highest BCUT2D eigenvalue weighted by Crippen LogP contribution is 2.27. The summed E-state index contributed by atoms with van der Waals surface area (Å²) in [6, 6.07) is 6.45. The van der Waals surface area contributed by atoms with E-state index in [2.05, 4.69) is 5.32 Å². The second-order valence-corrected chi connectivity index (χ2v) is 5.49. The van der Waals surface area contributed by atoms with Crippen molar-refractivity contribution in [3.05, 3.63) is 35.6 Å². The third kappa shape index (κ3) is 2.77. The molecule has 5 heteroatoms. The van der Waals surface area contributed by atoms with Crippen molar-refractivity contribution >= 4 is 6.09 Å². The number of halogens is 1. The van der Waals surface area contributed by atoms with E-state index < -0.39 is 0 Å². The molecule has 0 radical (unpaired) electrons. The molecule has 108 valence electrons. The van der Waals surface area contributed by atoms with Crippen LogP contribution in [-0.2, 0) is 11.3 Å². The Kier molecular flexibility index (Phi) is 3.87. The Morgan fingerprint density at radius 2 is 1.95 bits per heavy atom. The lowest BCUT2D eigenvalue weighted by molar-refractivity contribution is 0.151. The number of amides is 1. The van der Waals surface area contributed by atoms with Crippen molar-refractivity contribution in [3.63, 3.8) is 0 Å². The Morgan fingerprint density at radius 1 is 1.25 bits per heavy atom. The van der Waals surface area contributed by atoms with E-state index >= 15 is 0 Å². The van der Waals surface area contributed by atoms with Gasteiger partial charge in [-0.3, -0.25) is 4.90 Å². The number of ether oxygens (including phenoxy) is 1. The Labute approximate surface area is 117 Å². The average Bonchev–Trinajstić information content (AvgIpc) is 2.84. The molecule has 0 bridgehead atoms. The number of rotatable bonds is 3. The van der Waals surface area contributed by atoms with Gasteiger partial charge < -0.3 is 10.1 Å². The Bertz CT molecular complexity index is 471. The second-order valence-electron chi connectivity index (χ2n) is 5.49. The van der Waals surface area contributed by atoms with Crippen molar-refractivity contribution < 1.29 is 13.9 Å². The third-order valence-corrected chi connectivity index (χ3v) is 4.21. The van der Waals surface area contributed by atoms with E-state index in [1.807, 2.05) is 0 Å². The molecule has 2 saturated heterocycles. The van der Waals surface area contributed by atoms with Crippen LogP contribution in [0.2, 0.25) is 0 Å². The molecule has 1 atom stereocenters. The summed E-state index contributed by atoms with van der Waals surface area (Å²) >= 11 is 0. The quantitative estimate of drug-likeness (QED) is 0.921. The van der Waals surface area contributed by atoms with Crippen LogP contribution in [0.25, 0.3) is 0 Å². The highest BCUT2D eigenvalue weighted by Gasteiger charge is 2.38. The summed E-state index contributed by atoms with van der Waals surface area (Å²) in [6.07, 6.45) is 1.89. The number of nitrogens with one attached hydrogen (secondary N) is 1. The fraction of sp³-hybridized carbons (Fsp3) is 0.533. The molecule has 3 rings (SSSR count). The molecule has 0 spiro atoms. The lowest BCUT2D eigenvalue weighted by Gasteiger charge is -2.32. The van der Waals surface area contributed by atoms with E-state index in [0.29, 0.717) is 19.1 Å². The van der Waals surface area contributed by atoms with Crippen LogP contribution >= 0.6 is 0 Å². The van der Waals surface area contributed by atoms with E-state index in [1.165, 1.54) is 12.1 Å². The van der Waals surface area contributed by atoms with Crippen LogP contribution in [0, 0.1) is 11.7 Å². The summed E-state index contributed by atoms with van der Waals surface area (Å²) in [5.74, 6) is 0.232. The van der Waals surface area contributed by atoms with Gasteiger partial charge in [0.15, 0.2) is 0 Å². The molecule has 0 aliphatic carbocycles. The van der Waals surface area contributed by atoms with Gasteiger partial charge in [-0.2, -0.15) is 0 Å². The molecule has 0 aromatic heterocycles. The zero-order valence-corrected chi connectivity index (χ0v) is 11.3. The molecule has 1 unspecified atom stereocenters. The number of piperidine rings is 1. The predicted octanol–water partition coefficient (Wildman–Crippen LogP) is 2.15. The standard InChI is InChI=1S/C15H19FN2O2/c16-13-3-1-11(2-4-13)9-18-14(10-20-15(18)19)12-5-7-17-8-6-12/h1-4,12,14,17H,5-10H2. The summed E-state index contributed by atoms with van der Waals surface area (Å²) in [5.41, 5.74) is 0.934. The molecule has 1 N–H and O–H groups in total. The Balaban J connectivity index is 1.71. The topological polar surface area (TPSA) is 41.6 Å². The van der Waals surface area contributed by atoms with E-state index in [9.17, 15) is 9.18 Å². The lowest BCUT2D eigenvalue weighted by atomic mass is 9.90. The maximum atomic E-state index is 12.9. The number of nitrogens with zero attached hydrogens (tertiary/aromatic N) is 1. The van der Waals surface area contributed by atoms with Gasteiger partial charge >= 0.3 is 6.09 Å². The number of hydrogen-bond acceptors (Lipinski definition) is 3. The van der Waals surface area contributed by atoms with Crippen molar-refractivity contribution in [2.75, 3.05) is 19.7 Å². The molecule has 1 amide bonds. The van der Waals surface area contributed by atoms with Gasteiger partial charge in [-0.05, 0) is 49.5 Å². The molecule has 0 saturated carbocycles. The predicted molar refractivity (Wildman–Crippen MR) is 72.7 cm³/mol. The summed E-state index contributed by atoms with van der Waals surface area (Å²) < 4.78 is 18.2. The molecule has 2 aliphatic heterocycles. The van der Waals surface area contributed by atoms with Crippen LogP contribution in [0.5, 0.6) is 0 Å². The minimum Gasteiger partial charge on any atom is -0.447 e. The maximum Gasteiger partial charge on any atom is 0.410 e. The first kappa shape index (κ1) is 13.4. The average molecular weight is 278 g/mol. The minimum atomic E-state index is -0.257. The van der Waals surface area contributed by atoms with Crippen LogP contribution in [0.1, 0.15) is 18.4 Å². The summed E-state index contributed by atoms with van der Waals surface area (Å²) in [5, 5.41) is 3.33. The molecule has 20 heavy (non-hydrogen) atoms. The first-order chi connectivity index (χ1) is 9.74. The Morgan fingerprint density at radius 3 is 2.65 bits per heavy atom. The molecule has 2 aliphatic rings. The molecule has 4 nitrogen and oxygen atoms in total. The van der Waals surface area contributed by atoms with E-state index in [4.69, 9.17) is 4.74 Å². The zero-order chi connectivity index (χ0) is 13.9. The molecular weight excluding hydrogens is 259 g/mol. The minimum absolute atomic E-state index is 0.148. The highest BCUT2D eigenvalue weighted by atomic mass is 19.1. The Hall–Kier alpha value is -1.62. The summed E-state index contributed by atoms with van der Waals surface area (Å²) in [6.45, 7) is 2.97. The van der Waals surface area contributed by atoms with Crippen LogP contribution in [0.4, 0.5) is 9.18 Å². The fourth-order valence-electron chi connectivity index (χ4n) is 3.05. The van der Waals surface area contributed by atoms with Gasteiger partial charge in [-0.1, -0.05) is 12.1 Å². The maximum absolute atomic E-state index is 12.9. The molecule has 1 aromatic carbocycles. The largest absolute Gasteiger partial charge is 0.447 e. The molecule has 2 fully saturated rings. The van der Waals surface area contributed by atoms with Crippen LogP contribution in [-0.4, -0.2) is 36.7 Å². The number of carbonyl (C=O) groups is 1. The van der Waals surface area contributed by atoms with Crippen molar-refractivity contribution in [1.82, 2.24) is 10.2 Å². The number of cyclic esters (lactones) is 1. The number of hydrogen-bond donors (Lipinski definition) is 1. The van der Waals surface area contributed by atoms with Gasteiger partial charge in [-0.25, -0.2) is 9.18 Å². The van der Waals surface area contributed by atoms with Gasteiger partial charge in [0.2, 0.25) is 0 Å². The van der Waals surface area contributed by atoms with E-state index in [0.717, 1.165) is 31.5 Å². The van der Waals surface area contributed by atoms with Gasteiger partial charge in [0.05, 0.1) is 6.04 Å². The lowest BCUT2D eigenvalue weighted by Crippen LogP contribution is -2.43. The second kappa shape index (κ2) is 5.79. The number of carbonyl (C=O) groups excluding carboxylic acids is 1. The van der Waals surface area contributed by atoms with Gasteiger partial charge in [0, 0.05) is 6.54 Å². The SMILES string of the molecule is O=C1OCC(C2CCNCC2)N1Cc1ccc(F)cc1. The van der Waals surface area contributed by atoms with Crippen LogP contribution < -0.4 is 5.32 Å². The first-order valence-electron chi connectivity index (χ1n) is 7.12. The monoisotopic (exact) mass is 278 g/mol. The zero-order valence-electron chi connectivity index (χ0n) is 11.3. The van der Waals surface area contributed by atoms with Gasteiger partial charge in [0.1, 0.15) is 12.4 Å². The van der Waals surface area contributed by atoms with E-state index in [-0.39, 0.29) is 18.0 Å². The number of benzene rings is 1. The van der Waals surface area contributed by atoms with Crippen molar-refractivity contribution in [2.45, 2.75) is 25.4 Å². The van der Waals surface area contributed by atoms with Gasteiger partial charge in [-0.15, -0.1) is 0 Å². The smallest absolute Gasteiger partial charge is 0.410 e. The van der Waals surface area contributed by atoms with Crippen molar-refractivity contribution in [3.8, 4) is 0 Å². The van der Waals surface area contributed by atoms with Crippen molar-refractivity contribution in [1.29, 1.82) is 0 Å². The third-order valence-electron chi connectivity index (χ3n) is 4.21. The first-order valence-corrected chi connectivity index (χ1v) is 7.12.